The van der Waals surface area contributed by atoms with Crippen molar-refractivity contribution in [2.45, 2.75) is 25.4 Å². The lowest BCUT2D eigenvalue weighted by Crippen LogP contribution is -2.41. The molecule has 6 nitrogen and oxygen atoms in total. The van der Waals surface area contributed by atoms with E-state index in [2.05, 4.69) is 5.32 Å². The Morgan fingerprint density at radius 3 is 2.76 bits per heavy atom. The van der Waals surface area contributed by atoms with Gasteiger partial charge in [-0.2, -0.15) is 11.8 Å². The second kappa shape index (κ2) is 9.59. The molecule has 0 aliphatic heterocycles. The van der Waals surface area contributed by atoms with Crippen molar-refractivity contribution in [2.24, 2.45) is 5.73 Å². The quantitative estimate of drug-likeness (QED) is 0.589. The summed E-state index contributed by atoms with van der Waals surface area (Å²) < 4.78 is 0. The molecule has 3 N–H and O–H groups in total. The minimum Gasteiger partial charge on any atom is -0.348 e. The van der Waals surface area contributed by atoms with E-state index in [9.17, 15) is 14.9 Å². The van der Waals surface area contributed by atoms with Gasteiger partial charge in [-0.25, -0.2) is 0 Å². The van der Waals surface area contributed by atoms with Crippen LogP contribution in [0.2, 0.25) is 0 Å². The number of hydrogen-bond acceptors (Lipinski definition) is 5. The number of rotatable bonds is 7. The molecule has 1 rings (SSSR count). The number of nitrogens with two attached hydrogens (primary N) is 1. The molecular formula is C13H20ClN3O3S. The van der Waals surface area contributed by atoms with Gasteiger partial charge in [-0.1, -0.05) is 12.1 Å². The van der Waals surface area contributed by atoms with Crippen molar-refractivity contribution in [1.29, 1.82) is 0 Å². The number of halogens is 1. The first-order valence-corrected chi connectivity index (χ1v) is 7.64. The van der Waals surface area contributed by atoms with Gasteiger partial charge in [-0.3, -0.25) is 14.9 Å². The number of thioether (sulfide) groups is 1. The third-order valence-electron chi connectivity index (χ3n) is 2.91. The molecule has 0 bridgehead atoms. The summed E-state index contributed by atoms with van der Waals surface area (Å²) in [6, 6.07) is 5.35. The summed E-state index contributed by atoms with van der Waals surface area (Å²) in [7, 11) is 0. The van der Waals surface area contributed by atoms with Crippen molar-refractivity contribution >= 4 is 35.8 Å². The van der Waals surface area contributed by atoms with E-state index in [0.29, 0.717) is 12.0 Å². The Morgan fingerprint density at radius 1 is 1.52 bits per heavy atom. The van der Waals surface area contributed by atoms with Crippen LogP contribution in [0.4, 0.5) is 5.69 Å². The number of nitrogens with one attached hydrogen (secondary N) is 1. The number of benzene rings is 1. The molecule has 1 aromatic rings. The zero-order chi connectivity index (χ0) is 15.1. The van der Waals surface area contributed by atoms with Gasteiger partial charge in [0.15, 0.2) is 0 Å². The van der Waals surface area contributed by atoms with Crippen LogP contribution in [-0.2, 0) is 4.79 Å². The van der Waals surface area contributed by atoms with Crippen LogP contribution in [-0.4, -0.2) is 28.9 Å². The van der Waals surface area contributed by atoms with Crippen molar-refractivity contribution in [3.63, 3.8) is 0 Å². The molecule has 1 aromatic carbocycles. The van der Waals surface area contributed by atoms with E-state index in [1.807, 2.05) is 6.26 Å². The maximum atomic E-state index is 11.9. The highest BCUT2D eigenvalue weighted by molar-refractivity contribution is 7.98. The van der Waals surface area contributed by atoms with Crippen LogP contribution in [0.1, 0.15) is 24.9 Å². The van der Waals surface area contributed by atoms with Crippen LogP contribution in [0.15, 0.2) is 24.3 Å². The van der Waals surface area contributed by atoms with Crippen molar-refractivity contribution in [2.75, 3.05) is 12.0 Å². The predicted octanol–water partition coefficient (Wildman–Crippen LogP) is 2.27. The molecule has 2 atom stereocenters. The maximum Gasteiger partial charge on any atom is 0.269 e. The maximum absolute atomic E-state index is 11.9. The van der Waals surface area contributed by atoms with Crippen LogP contribution in [0.3, 0.4) is 0 Å². The molecule has 21 heavy (non-hydrogen) atoms. The van der Waals surface area contributed by atoms with Gasteiger partial charge in [0.1, 0.15) is 0 Å². The van der Waals surface area contributed by atoms with Crippen molar-refractivity contribution in [3.05, 3.63) is 39.9 Å². The normalized spacial score (nSPS) is 12.9. The molecule has 0 radical (unpaired) electrons. The molecule has 0 fully saturated rings. The van der Waals surface area contributed by atoms with Crippen molar-refractivity contribution in [3.8, 4) is 0 Å². The van der Waals surface area contributed by atoms with Gasteiger partial charge in [-0.05, 0) is 30.9 Å². The minimum atomic E-state index is -0.552. The van der Waals surface area contributed by atoms with E-state index < -0.39 is 11.0 Å². The Morgan fingerprint density at radius 2 is 2.19 bits per heavy atom. The smallest absolute Gasteiger partial charge is 0.269 e. The lowest BCUT2D eigenvalue weighted by atomic mass is 10.1. The Bertz CT molecular complexity index is 487. The molecule has 0 aliphatic carbocycles. The van der Waals surface area contributed by atoms with Gasteiger partial charge in [0.2, 0.25) is 5.91 Å². The average molecular weight is 334 g/mol. The Balaban J connectivity index is 0.00000400. The van der Waals surface area contributed by atoms with Gasteiger partial charge in [0, 0.05) is 12.1 Å². The highest BCUT2D eigenvalue weighted by Crippen LogP contribution is 2.19. The van der Waals surface area contributed by atoms with Crippen LogP contribution in [0.25, 0.3) is 0 Å². The largest absolute Gasteiger partial charge is 0.348 e. The molecule has 0 aromatic heterocycles. The molecule has 0 saturated heterocycles. The van der Waals surface area contributed by atoms with Gasteiger partial charge >= 0.3 is 0 Å². The fourth-order valence-corrected chi connectivity index (χ4v) is 2.18. The van der Waals surface area contributed by atoms with E-state index in [1.165, 1.54) is 12.1 Å². The topological polar surface area (TPSA) is 98.3 Å². The lowest BCUT2D eigenvalue weighted by Gasteiger charge is -2.17. The number of carbonyl (C=O) groups is 1. The van der Waals surface area contributed by atoms with E-state index >= 15 is 0 Å². The molecular weight excluding hydrogens is 314 g/mol. The summed E-state index contributed by atoms with van der Waals surface area (Å²) in [5.41, 5.74) is 6.47. The van der Waals surface area contributed by atoms with Gasteiger partial charge in [-0.15, -0.1) is 12.4 Å². The first-order chi connectivity index (χ1) is 9.45. The van der Waals surface area contributed by atoms with Crippen LogP contribution in [0.5, 0.6) is 0 Å². The van der Waals surface area contributed by atoms with Crippen LogP contribution < -0.4 is 11.1 Å². The Hall–Kier alpha value is -1.31. The summed E-state index contributed by atoms with van der Waals surface area (Å²) in [4.78, 5) is 22.1. The van der Waals surface area contributed by atoms with Gasteiger partial charge in [0.05, 0.1) is 17.0 Å². The third kappa shape index (κ3) is 6.33. The number of carbonyl (C=O) groups excluding carboxylic acids is 1. The molecule has 0 heterocycles. The molecule has 0 aliphatic rings. The van der Waals surface area contributed by atoms with E-state index in [0.717, 1.165) is 5.75 Å². The van der Waals surface area contributed by atoms with Crippen molar-refractivity contribution < 1.29 is 9.72 Å². The summed E-state index contributed by atoms with van der Waals surface area (Å²) in [5.74, 6) is 0.581. The van der Waals surface area contributed by atoms with Crippen LogP contribution >= 0.6 is 24.2 Å². The zero-order valence-electron chi connectivity index (χ0n) is 11.9. The molecule has 1 amide bonds. The number of nitro benzene ring substituents is 1. The minimum absolute atomic E-state index is 0. The standard InChI is InChI=1S/C13H19N3O3S.ClH/c1-9(15-13(17)12(14)6-7-20-2)10-4-3-5-11(8-10)16(18)19;/h3-5,8-9,12H,6-7,14H2,1-2H3,(H,15,17);1H/t9?,12-;/m0./s1. The number of nitro groups is 1. The highest BCUT2D eigenvalue weighted by Gasteiger charge is 2.17. The van der Waals surface area contributed by atoms with E-state index in [1.54, 1.807) is 30.8 Å². The number of nitrogens with zero attached hydrogens (tertiary/aromatic N) is 1. The van der Waals surface area contributed by atoms with E-state index in [-0.39, 0.29) is 30.0 Å². The second-order valence-corrected chi connectivity index (χ2v) is 5.46. The summed E-state index contributed by atoms with van der Waals surface area (Å²) in [5, 5.41) is 13.5. The molecule has 1 unspecified atom stereocenters. The van der Waals surface area contributed by atoms with Gasteiger partial charge in [0.25, 0.3) is 5.69 Å². The molecule has 118 valence electrons. The highest BCUT2D eigenvalue weighted by atomic mass is 35.5. The Labute approximate surface area is 134 Å². The summed E-state index contributed by atoms with van der Waals surface area (Å²) in [6.45, 7) is 1.78. The fraction of sp³-hybridized carbons (Fsp3) is 0.462. The molecule has 8 heteroatoms. The van der Waals surface area contributed by atoms with Gasteiger partial charge < -0.3 is 11.1 Å². The third-order valence-corrected chi connectivity index (χ3v) is 3.55. The number of non-ortho nitro benzene ring substituents is 1. The summed E-state index contributed by atoms with van der Waals surface area (Å²) >= 11 is 1.63. The number of hydrogen-bond donors (Lipinski definition) is 2. The van der Waals surface area contributed by atoms with Crippen LogP contribution in [0, 0.1) is 10.1 Å². The monoisotopic (exact) mass is 333 g/mol. The average Bonchev–Trinajstić information content (AvgIpc) is 2.44. The summed E-state index contributed by atoms with van der Waals surface area (Å²) in [6.07, 6.45) is 2.56. The SMILES string of the molecule is CSCC[C@H](N)C(=O)NC(C)c1cccc([N+](=O)[O-])c1.Cl. The zero-order valence-corrected chi connectivity index (χ0v) is 13.6. The lowest BCUT2D eigenvalue weighted by molar-refractivity contribution is -0.384. The molecule has 0 spiro atoms. The number of amides is 1. The first kappa shape index (κ1) is 19.7. The van der Waals surface area contributed by atoms with Crippen molar-refractivity contribution in [1.82, 2.24) is 5.32 Å². The Kier molecular flexibility index (Phi) is 9.00. The fourth-order valence-electron chi connectivity index (χ4n) is 1.69. The second-order valence-electron chi connectivity index (χ2n) is 4.47. The molecule has 0 saturated carbocycles. The predicted molar refractivity (Wildman–Crippen MR) is 87.9 cm³/mol. The van der Waals surface area contributed by atoms with E-state index in [4.69, 9.17) is 5.73 Å². The first-order valence-electron chi connectivity index (χ1n) is 6.25.